The first-order chi connectivity index (χ1) is 8.25. The molecule has 2 atom stereocenters. The molecule has 0 aromatic heterocycles. The van der Waals surface area contributed by atoms with Gasteiger partial charge in [-0.2, -0.15) is 0 Å². The van der Waals surface area contributed by atoms with E-state index < -0.39 is 0 Å². The molecule has 0 aromatic rings. The topological polar surface area (TPSA) is 18.5 Å². The highest BCUT2D eigenvalue weighted by atomic mass is 15.3. The number of likely N-dealkylation sites (tertiary alicyclic amines) is 2. The van der Waals surface area contributed by atoms with Crippen molar-refractivity contribution in [3.8, 4) is 0 Å². The molecule has 2 unspecified atom stereocenters. The van der Waals surface area contributed by atoms with Crippen molar-refractivity contribution in [1.82, 2.24) is 15.1 Å². The van der Waals surface area contributed by atoms with Gasteiger partial charge in [0.1, 0.15) is 0 Å². The van der Waals surface area contributed by atoms with E-state index in [1.807, 2.05) is 0 Å². The standard InChI is InChI=1S/C14H27N3/c1-14(5-6-15-11-14)12-16-9-4-13(10-16)17-7-2-3-8-17/h13,15H,2-12H2,1H3. The summed E-state index contributed by atoms with van der Waals surface area (Å²) in [6, 6.07) is 0.871. The molecule has 3 aliphatic rings. The van der Waals surface area contributed by atoms with Crippen LogP contribution in [0.25, 0.3) is 0 Å². The van der Waals surface area contributed by atoms with Crippen LogP contribution in [0.2, 0.25) is 0 Å². The molecule has 17 heavy (non-hydrogen) atoms. The first kappa shape index (κ1) is 11.9. The van der Waals surface area contributed by atoms with Gasteiger partial charge in [-0.05, 0) is 57.3 Å². The smallest absolute Gasteiger partial charge is 0.0235 e. The van der Waals surface area contributed by atoms with Crippen molar-refractivity contribution in [3.05, 3.63) is 0 Å². The Bertz CT molecular complexity index is 254. The van der Waals surface area contributed by atoms with Gasteiger partial charge in [0.05, 0.1) is 0 Å². The Morgan fingerprint density at radius 3 is 2.76 bits per heavy atom. The summed E-state index contributed by atoms with van der Waals surface area (Å²) < 4.78 is 0. The second-order valence-corrected chi connectivity index (χ2v) is 6.66. The van der Waals surface area contributed by atoms with Crippen molar-refractivity contribution in [2.45, 2.75) is 38.6 Å². The highest BCUT2D eigenvalue weighted by molar-refractivity contribution is 4.91. The maximum atomic E-state index is 3.52. The normalized spacial score (nSPS) is 40.4. The van der Waals surface area contributed by atoms with Gasteiger partial charge in [-0.1, -0.05) is 6.92 Å². The van der Waals surface area contributed by atoms with Crippen molar-refractivity contribution < 1.29 is 0 Å². The number of nitrogens with one attached hydrogen (secondary N) is 1. The molecule has 3 rings (SSSR count). The summed E-state index contributed by atoms with van der Waals surface area (Å²) in [4.78, 5) is 5.45. The largest absolute Gasteiger partial charge is 0.316 e. The van der Waals surface area contributed by atoms with E-state index in [0.29, 0.717) is 5.41 Å². The van der Waals surface area contributed by atoms with Crippen LogP contribution in [-0.4, -0.2) is 61.7 Å². The summed E-state index contributed by atoms with van der Waals surface area (Å²) in [5.41, 5.74) is 0.542. The van der Waals surface area contributed by atoms with Crippen molar-refractivity contribution in [1.29, 1.82) is 0 Å². The molecule has 0 bridgehead atoms. The van der Waals surface area contributed by atoms with Gasteiger partial charge in [-0.15, -0.1) is 0 Å². The highest BCUT2D eigenvalue weighted by Crippen LogP contribution is 2.28. The molecule has 3 heterocycles. The molecular formula is C14H27N3. The van der Waals surface area contributed by atoms with E-state index in [0.717, 1.165) is 6.04 Å². The summed E-state index contributed by atoms with van der Waals surface area (Å²) in [7, 11) is 0. The fraction of sp³-hybridized carbons (Fsp3) is 1.00. The lowest BCUT2D eigenvalue weighted by Crippen LogP contribution is -2.39. The molecule has 3 heteroatoms. The molecule has 3 saturated heterocycles. The number of hydrogen-bond acceptors (Lipinski definition) is 3. The van der Waals surface area contributed by atoms with Crippen LogP contribution < -0.4 is 5.32 Å². The number of rotatable bonds is 3. The van der Waals surface area contributed by atoms with Gasteiger partial charge in [0.15, 0.2) is 0 Å². The third-order valence-corrected chi connectivity index (χ3v) is 4.97. The Morgan fingerprint density at radius 2 is 2.06 bits per heavy atom. The minimum absolute atomic E-state index is 0.542. The molecule has 0 aliphatic carbocycles. The Labute approximate surface area is 106 Å². The van der Waals surface area contributed by atoms with Crippen molar-refractivity contribution in [3.63, 3.8) is 0 Å². The molecule has 98 valence electrons. The van der Waals surface area contributed by atoms with Gasteiger partial charge in [0.2, 0.25) is 0 Å². The van der Waals surface area contributed by atoms with Gasteiger partial charge >= 0.3 is 0 Å². The minimum Gasteiger partial charge on any atom is -0.316 e. The molecule has 3 nitrogen and oxygen atoms in total. The Kier molecular flexibility index (Phi) is 3.42. The molecule has 3 aliphatic heterocycles. The minimum atomic E-state index is 0.542. The molecule has 0 amide bonds. The van der Waals surface area contributed by atoms with Crippen LogP contribution in [0.15, 0.2) is 0 Å². The van der Waals surface area contributed by atoms with Crippen molar-refractivity contribution in [2.75, 3.05) is 45.8 Å². The molecule has 0 spiro atoms. The molecule has 3 fully saturated rings. The zero-order valence-corrected chi connectivity index (χ0v) is 11.2. The van der Waals surface area contributed by atoms with E-state index >= 15 is 0 Å². The van der Waals surface area contributed by atoms with Crippen LogP contribution in [0, 0.1) is 5.41 Å². The van der Waals surface area contributed by atoms with Gasteiger partial charge in [0.25, 0.3) is 0 Å². The molecule has 0 radical (unpaired) electrons. The summed E-state index contributed by atoms with van der Waals surface area (Å²) in [6.07, 6.45) is 5.62. The third-order valence-electron chi connectivity index (χ3n) is 4.97. The van der Waals surface area contributed by atoms with E-state index in [-0.39, 0.29) is 0 Å². The third kappa shape index (κ3) is 2.67. The average molecular weight is 237 g/mol. The van der Waals surface area contributed by atoms with E-state index in [1.165, 1.54) is 71.5 Å². The van der Waals surface area contributed by atoms with Crippen molar-refractivity contribution >= 4 is 0 Å². The van der Waals surface area contributed by atoms with Gasteiger partial charge in [-0.25, -0.2) is 0 Å². The fourth-order valence-corrected chi connectivity index (χ4v) is 3.90. The zero-order valence-electron chi connectivity index (χ0n) is 11.2. The van der Waals surface area contributed by atoms with Gasteiger partial charge < -0.3 is 10.2 Å². The SMILES string of the molecule is CC1(CN2CCC(N3CCCC3)C2)CCNC1. The predicted octanol–water partition coefficient (Wildman–Crippen LogP) is 1.16. The number of nitrogens with zero attached hydrogens (tertiary/aromatic N) is 2. The first-order valence-corrected chi connectivity index (χ1v) is 7.42. The summed E-state index contributed by atoms with van der Waals surface area (Å²) in [5.74, 6) is 0. The average Bonchev–Trinajstić information content (AvgIpc) is 2.98. The summed E-state index contributed by atoms with van der Waals surface area (Å²) in [5, 5.41) is 3.52. The van der Waals surface area contributed by atoms with Crippen LogP contribution in [0.1, 0.15) is 32.6 Å². The van der Waals surface area contributed by atoms with Crippen LogP contribution in [0.4, 0.5) is 0 Å². The molecule has 0 aromatic carbocycles. The highest BCUT2D eigenvalue weighted by Gasteiger charge is 2.35. The quantitative estimate of drug-likeness (QED) is 0.794. The predicted molar refractivity (Wildman–Crippen MR) is 71.2 cm³/mol. The lowest BCUT2D eigenvalue weighted by Gasteiger charge is -2.30. The van der Waals surface area contributed by atoms with Crippen LogP contribution in [0.5, 0.6) is 0 Å². The summed E-state index contributed by atoms with van der Waals surface area (Å²) >= 11 is 0. The van der Waals surface area contributed by atoms with Crippen LogP contribution in [-0.2, 0) is 0 Å². The lowest BCUT2D eigenvalue weighted by atomic mass is 9.89. The number of hydrogen-bond donors (Lipinski definition) is 1. The van der Waals surface area contributed by atoms with E-state index in [1.54, 1.807) is 0 Å². The zero-order chi connectivity index (χ0) is 11.7. The maximum absolute atomic E-state index is 3.52. The van der Waals surface area contributed by atoms with Gasteiger partial charge in [-0.3, -0.25) is 4.90 Å². The monoisotopic (exact) mass is 237 g/mol. The van der Waals surface area contributed by atoms with E-state index in [9.17, 15) is 0 Å². The van der Waals surface area contributed by atoms with E-state index in [2.05, 4.69) is 22.0 Å². The van der Waals surface area contributed by atoms with Crippen LogP contribution >= 0.6 is 0 Å². The summed E-state index contributed by atoms with van der Waals surface area (Å²) in [6.45, 7) is 11.6. The van der Waals surface area contributed by atoms with Gasteiger partial charge in [0, 0.05) is 25.7 Å². The Balaban J connectivity index is 1.50. The molecule has 1 N–H and O–H groups in total. The van der Waals surface area contributed by atoms with Crippen molar-refractivity contribution in [2.24, 2.45) is 5.41 Å². The second-order valence-electron chi connectivity index (χ2n) is 6.66. The second kappa shape index (κ2) is 4.87. The molecule has 0 saturated carbocycles. The van der Waals surface area contributed by atoms with E-state index in [4.69, 9.17) is 0 Å². The fourth-order valence-electron chi connectivity index (χ4n) is 3.90. The lowest BCUT2D eigenvalue weighted by molar-refractivity contribution is 0.185. The van der Waals surface area contributed by atoms with Crippen LogP contribution in [0.3, 0.4) is 0 Å². The molecular weight excluding hydrogens is 210 g/mol. The maximum Gasteiger partial charge on any atom is 0.0235 e. The Morgan fingerprint density at radius 1 is 1.24 bits per heavy atom. The first-order valence-electron chi connectivity index (χ1n) is 7.42. The Hall–Kier alpha value is -0.120.